The van der Waals surface area contributed by atoms with E-state index in [2.05, 4.69) is 21.6 Å². The number of hydrogen-bond acceptors (Lipinski definition) is 3. The van der Waals surface area contributed by atoms with E-state index >= 15 is 0 Å². The number of carbonyl (C=O) groups is 2. The number of likely N-dealkylation sites (tertiary alicyclic amines) is 1. The summed E-state index contributed by atoms with van der Waals surface area (Å²) in [5.41, 5.74) is 2.08. The summed E-state index contributed by atoms with van der Waals surface area (Å²) in [6.45, 7) is 4.99. The van der Waals surface area contributed by atoms with Crippen LogP contribution in [0.3, 0.4) is 0 Å². The van der Waals surface area contributed by atoms with E-state index in [1.165, 1.54) is 0 Å². The number of aryl methyl sites for hydroxylation is 1. The maximum absolute atomic E-state index is 12.5. The van der Waals surface area contributed by atoms with Crippen LogP contribution in [-0.4, -0.2) is 64.7 Å². The molecule has 1 aromatic heterocycles. The van der Waals surface area contributed by atoms with Crippen molar-refractivity contribution in [3.63, 3.8) is 0 Å². The van der Waals surface area contributed by atoms with Crippen LogP contribution in [0.2, 0.25) is 0 Å². The first-order chi connectivity index (χ1) is 10.6. The van der Waals surface area contributed by atoms with Gasteiger partial charge in [0.2, 0.25) is 5.91 Å². The molecule has 3 amide bonds. The molecule has 0 bridgehead atoms. The van der Waals surface area contributed by atoms with E-state index in [-0.39, 0.29) is 24.4 Å². The predicted molar refractivity (Wildman–Crippen MR) is 81.5 cm³/mol. The van der Waals surface area contributed by atoms with Crippen LogP contribution in [0.25, 0.3) is 0 Å². The molecule has 7 nitrogen and oxygen atoms in total. The van der Waals surface area contributed by atoms with Gasteiger partial charge in [-0.1, -0.05) is 0 Å². The van der Waals surface area contributed by atoms with Gasteiger partial charge in [-0.2, -0.15) is 5.10 Å². The van der Waals surface area contributed by atoms with E-state index in [9.17, 15) is 9.59 Å². The molecule has 2 aliphatic rings. The van der Waals surface area contributed by atoms with E-state index in [0.29, 0.717) is 19.6 Å². The number of amides is 3. The summed E-state index contributed by atoms with van der Waals surface area (Å²) in [6, 6.07) is 1.92. The summed E-state index contributed by atoms with van der Waals surface area (Å²) in [5, 5.41) is 10.1. The van der Waals surface area contributed by atoms with Crippen LogP contribution >= 0.6 is 0 Å². The number of hydrogen-bond donors (Lipinski definition) is 2. The van der Waals surface area contributed by atoms with Crippen molar-refractivity contribution in [2.45, 2.75) is 32.1 Å². The molecule has 2 saturated heterocycles. The number of H-pyrrole nitrogens is 1. The summed E-state index contributed by atoms with van der Waals surface area (Å²) in [5.74, 6) is 0.326. The minimum atomic E-state index is -0.129. The van der Waals surface area contributed by atoms with E-state index in [1.54, 1.807) is 4.90 Å². The number of aromatic nitrogens is 2. The van der Waals surface area contributed by atoms with Gasteiger partial charge in [-0.3, -0.25) is 9.89 Å². The number of aromatic amines is 1. The fourth-order valence-electron chi connectivity index (χ4n) is 3.19. The number of urea groups is 1. The van der Waals surface area contributed by atoms with Crippen LogP contribution in [0.5, 0.6) is 0 Å². The maximum Gasteiger partial charge on any atom is 0.317 e. The fourth-order valence-corrected chi connectivity index (χ4v) is 3.19. The Hall–Kier alpha value is -2.05. The summed E-state index contributed by atoms with van der Waals surface area (Å²) >= 11 is 0. The second-order valence-corrected chi connectivity index (χ2v) is 6.16. The average molecular weight is 305 g/mol. The molecule has 1 aromatic rings. The molecule has 2 N–H and O–H groups in total. The van der Waals surface area contributed by atoms with Gasteiger partial charge in [0.15, 0.2) is 0 Å². The van der Waals surface area contributed by atoms with Gasteiger partial charge in [0.1, 0.15) is 6.54 Å². The first kappa shape index (κ1) is 14.9. The summed E-state index contributed by atoms with van der Waals surface area (Å²) < 4.78 is 0. The number of rotatable bonds is 3. The van der Waals surface area contributed by atoms with Gasteiger partial charge in [-0.15, -0.1) is 0 Å². The lowest BCUT2D eigenvalue weighted by Gasteiger charge is -2.34. The van der Waals surface area contributed by atoms with E-state index in [1.807, 2.05) is 11.8 Å². The third kappa shape index (κ3) is 3.23. The Morgan fingerprint density at radius 2 is 2.27 bits per heavy atom. The van der Waals surface area contributed by atoms with Crippen molar-refractivity contribution in [3.8, 4) is 0 Å². The molecule has 0 saturated carbocycles. The minimum Gasteiger partial charge on any atom is -0.340 e. The number of piperidine rings is 1. The lowest BCUT2D eigenvalue weighted by Crippen LogP contribution is -2.51. The van der Waals surface area contributed by atoms with E-state index in [0.717, 1.165) is 37.2 Å². The standard InChI is InChI=1S/C15H23N5O2/c1-11-8-13(18-17-11)12-4-2-6-19(9-12)14(21)10-20-7-3-5-16-15(20)22/h8,12H,2-7,9-10H2,1H3,(H,16,22)(H,17,18)/t12-/m0/s1. The monoisotopic (exact) mass is 305 g/mol. The first-order valence-corrected chi connectivity index (χ1v) is 7.96. The average Bonchev–Trinajstić information content (AvgIpc) is 2.96. The number of nitrogens with zero attached hydrogens (tertiary/aromatic N) is 3. The Kier molecular flexibility index (Phi) is 4.31. The molecule has 2 aliphatic heterocycles. The molecule has 0 radical (unpaired) electrons. The van der Waals surface area contributed by atoms with Crippen molar-refractivity contribution < 1.29 is 9.59 Å². The molecule has 0 spiro atoms. The van der Waals surface area contributed by atoms with Gasteiger partial charge >= 0.3 is 6.03 Å². The summed E-state index contributed by atoms with van der Waals surface area (Å²) in [4.78, 5) is 27.7. The number of carbonyl (C=O) groups excluding carboxylic acids is 2. The van der Waals surface area contributed by atoms with Gasteiger partial charge in [0, 0.05) is 37.8 Å². The second-order valence-electron chi connectivity index (χ2n) is 6.16. The Balaban J connectivity index is 1.59. The molecule has 0 unspecified atom stereocenters. The Morgan fingerprint density at radius 3 is 3.00 bits per heavy atom. The second kappa shape index (κ2) is 6.37. The molecule has 0 aliphatic carbocycles. The van der Waals surface area contributed by atoms with Crippen molar-refractivity contribution in [3.05, 3.63) is 17.5 Å². The van der Waals surface area contributed by atoms with Gasteiger partial charge < -0.3 is 15.1 Å². The maximum atomic E-state index is 12.5. The Morgan fingerprint density at radius 1 is 1.41 bits per heavy atom. The molecule has 7 heteroatoms. The van der Waals surface area contributed by atoms with Crippen LogP contribution in [0.15, 0.2) is 6.07 Å². The van der Waals surface area contributed by atoms with Gasteiger partial charge in [-0.05, 0) is 32.3 Å². The minimum absolute atomic E-state index is 0.0361. The van der Waals surface area contributed by atoms with Gasteiger partial charge in [0.25, 0.3) is 0 Å². The zero-order valence-electron chi connectivity index (χ0n) is 13.0. The van der Waals surface area contributed by atoms with Crippen molar-refractivity contribution in [2.24, 2.45) is 0 Å². The zero-order chi connectivity index (χ0) is 15.5. The van der Waals surface area contributed by atoms with Gasteiger partial charge in [0.05, 0.1) is 5.69 Å². The molecule has 3 heterocycles. The molecule has 0 aromatic carbocycles. The largest absolute Gasteiger partial charge is 0.340 e. The quantitative estimate of drug-likeness (QED) is 0.868. The fraction of sp³-hybridized carbons (Fsp3) is 0.667. The highest BCUT2D eigenvalue weighted by molar-refractivity contribution is 5.84. The highest BCUT2D eigenvalue weighted by Gasteiger charge is 2.28. The highest BCUT2D eigenvalue weighted by Crippen LogP contribution is 2.26. The molecular formula is C15H23N5O2. The smallest absolute Gasteiger partial charge is 0.317 e. The van der Waals surface area contributed by atoms with Crippen LogP contribution in [0.4, 0.5) is 4.79 Å². The van der Waals surface area contributed by atoms with E-state index < -0.39 is 0 Å². The third-order valence-corrected chi connectivity index (χ3v) is 4.41. The third-order valence-electron chi connectivity index (χ3n) is 4.41. The summed E-state index contributed by atoms with van der Waals surface area (Å²) in [7, 11) is 0. The molecule has 1 atom stereocenters. The topological polar surface area (TPSA) is 81.3 Å². The van der Waals surface area contributed by atoms with Crippen molar-refractivity contribution in [1.82, 2.24) is 25.3 Å². The van der Waals surface area contributed by atoms with Gasteiger partial charge in [-0.25, -0.2) is 4.79 Å². The molecule has 22 heavy (non-hydrogen) atoms. The lowest BCUT2D eigenvalue weighted by molar-refractivity contribution is -0.133. The van der Waals surface area contributed by atoms with Crippen LogP contribution in [0, 0.1) is 6.92 Å². The zero-order valence-corrected chi connectivity index (χ0v) is 13.0. The van der Waals surface area contributed by atoms with Crippen LogP contribution < -0.4 is 5.32 Å². The van der Waals surface area contributed by atoms with Crippen LogP contribution in [0.1, 0.15) is 36.6 Å². The predicted octanol–water partition coefficient (Wildman–Crippen LogP) is 0.839. The first-order valence-electron chi connectivity index (χ1n) is 7.96. The Bertz CT molecular complexity index is 556. The molecule has 120 valence electrons. The van der Waals surface area contributed by atoms with Crippen LogP contribution in [-0.2, 0) is 4.79 Å². The van der Waals surface area contributed by atoms with Crippen molar-refractivity contribution in [1.29, 1.82) is 0 Å². The lowest BCUT2D eigenvalue weighted by atomic mass is 9.94. The summed E-state index contributed by atoms with van der Waals surface area (Å²) in [6.07, 6.45) is 2.93. The normalized spacial score (nSPS) is 22.6. The molecule has 3 rings (SSSR count). The number of nitrogens with one attached hydrogen (secondary N) is 2. The molecular weight excluding hydrogens is 282 g/mol. The molecule has 2 fully saturated rings. The van der Waals surface area contributed by atoms with Crippen molar-refractivity contribution >= 4 is 11.9 Å². The Labute approximate surface area is 130 Å². The highest BCUT2D eigenvalue weighted by atomic mass is 16.2. The van der Waals surface area contributed by atoms with E-state index in [4.69, 9.17) is 0 Å². The van der Waals surface area contributed by atoms with Crippen molar-refractivity contribution in [2.75, 3.05) is 32.7 Å². The SMILES string of the molecule is Cc1cc([C@H]2CCCN(C(=O)CN3CCCNC3=O)C2)n[nH]1.